The standard InChI is InChI=1S/C25H21N3O2/c1-2-3-5-8-19-11-16-24-23(17-19)26-18-28(24)21-14-12-20(13-15-21)27-25(29)30-22-9-6-4-7-10-22/h1,4,6-7,9-18H,3,5,8H2,(H,27,29). The van der Waals surface area contributed by atoms with Crippen molar-refractivity contribution in [2.45, 2.75) is 19.3 Å². The van der Waals surface area contributed by atoms with Crippen molar-refractivity contribution in [3.63, 3.8) is 0 Å². The Morgan fingerprint density at radius 1 is 1.07 bits per heavy atom. The summed E-state index contributed by atoms with van der Waals surface area (Å²) >= 11 is 0. The highest BCUT2D eigenvalue weighted by molar-refractivity contribution is 5.86. The third-order valence-electron chi connectivity index (χ3n) is 4.74. The van der Waals surface area contributed by atoms with Crippen molar-refractivity contribution in [3.05, 3.63) is 84.7 Å². The minimum atomic E-state index is -0.528. The second kappa shape index (κ2) is 8.97. The van der Waals surface area contributed by atoms with Crippen LogP contribution in [0, 0.1) is 12.3 Å². The topological polar surface area (TPSA) is 56.2 Å². The fourth-order valence-electron chi connectivity index (χ4n) is 3.26. The zero-order chi connectivity index (χ0) is 20.8. The van der Waals surface area contributed by atoms with E-state index in [-0.39, 0.29) is 0 Å². The predicted octanol–water partition coefficient (Wildman–Crippen LogP) is 5.59. The number of carbonyl (C=O) groups is 1. The molecule has 0 fully saturated rings. The number of carbonyl (C=O) groups excluding carboxylic acids is 1. The number of para-hydroxylation sites is 1. The molecule has 30 heavy (non-hydrogen) atoms. The number of nitrogens with zero attached hydrogens (tertiary/aromatic N) is 2. The largest absolute Gasteiger partial charge is 0.417 e. The number of hydrogen-bond donors (Lipinski definition) is 1. The van der Waals surface area contributed by atoms with Crippen molar-refractivity contribution in [1.29, 1.82) is 0 Å². The Balaban J connectivity index is 1.45. The van der Waals surface area contributed by atoms with Crippen LogP contribution in [0.5, 0.6) is 5.75 Å². The first-order valence-electron chi connectivity index (χ1n) is 9.77. The van der Waals surface area contributed by atoms with Gasteiger partial charge in [0.25, 0.3) is 0 Å². The molecule has 4 rings (SSSR count). The van der Waals surface area contributed by atoms with Crippen LogP contribution in [0.3, 0.4) is 0 Å². The summed E-state index contributed by atoms with van der Waals surface area (Å²) in [5, 5.41) is 2.73. The zero-order valence-corrected chi connectivity index (χ0v) is 16.4. The molecule has 4 aromatic rings. The lowest BCUT2D eigenvalue weighted by molar-refractivity contribution is 0.215. The number of rotatable bonds is 6. The molecule has 0 aliphatic heterocycles. The molecule has 3 aromatic carbocycles. The SMILES string of the molecule is C#CCCCc1ccc2c(c1)ncn2-c1ccc(NC(=O)Oc2ccccc2)cc1. The van der Waals surface area contributed by atoms with Crippen LogP contribution in [0.25, 0.3) is 16.7 Å². The van der Waals surface area contributed by atoms with Crippen LogP contribution in [0.1, 0.15) is 18.4 Å². The van der Waals surface area contributed by atoms with E-state index in [1.807, 2.05) is 53.4 Å². The summed E-state index contributed by atoms with van der Waals surface area (Å²) in [5.41, 5.74) is 4.82. The number of amides is 1. The predicted molar refractivity (Wildman–Crippen MR) is 119 cm³/mol. The van der Waals surface area contributed by atoms with Gasteiger partial charge in [0.2, 0.25) is 0 Å². The summed E-state index contributed by atoms with van der Waals surface area (Å²) in [4.78, 5) is 16.6. The van der Waals surface area contributed by atoms with E-state index >= 15 is 0 Å². The molecule has 0 aliphatic carbocycles. The number of aromatic nitrogens is 2. The molecule has 1 heterocycles. The third kappa shape index (κ3) is 4.50. The van der Waals surface area contributed by atoms with Gasteiger partial charge in [-0.2, -0.15) is 0 Å². The Morgan fingerprint density at radius 2 is 1.87 bits per heavy atom. The second-order valence-electron chi connectivity index (χ2n) is 6.87. The van der Waals surface area contributed by atoms with Crippen molar-refractivity contribution >= 4 is 22.8 Å². The number of unbranched alkanes of at least 4 members (excludes halogenated alkanes) is 1. The van der Waals surface area contributed by atoms with Crippen LogP contribution in [-0.4, -0.2) is 15.6 Å². The van der Waals surface area contributed by atoms with Crippen LogP contribution in [0.15, 0.2) is 79.1 Å². The lowest BCUT2D eigenvalue weighted by atomic mass is 10.1. The van der Waals surface area contributed by atoms with E-state index < -0.39 is 6.09 Å². The first-order valence-corrected chi connectivity index (χ1v) is 9.77. The normalized spacial score (nSPS) is 10.5. The number of benzene rings is 3. The Morgan fingerprint density at radius 3 is 2.63 bits per heavy atom. The minimum Gasteiger partial charge on any atom is -0.410 e. The Kier molecular flexibility index (Phi) is 5.77. The number of nitrogens with one attached hydrogen (secondary N) is 1. The maximum atomic E-state index is 12.0. The van der Waals surface area contributed by atoms with Crippen molar-refractivity contribution in [3.8, 4) is 23.8 Å². The third-order valence-corrected chi connectivity index (χ3v) is 4.74. The van der Waals surface area contributed by atoms with Crippen molar-refractivity contribution in [2.24, 2.45) is 0 Å². The van der Waals surface area contributed by atoms with Crippen LogP contribution >= 0.6 is 0 Å². The van der Waals surface area contributed by atoms with Crippen molar-refractivity contribution in [1.82, 2.24) is 9.55 Å². The summed E-state index contributed by atoms with van der Waals surface area (Å²) in [6.07, 6.45) is 9.32. The highest BCUT2D eigenvalue weighted by Gasteiger charge is 2.08. The molecule has 0 spiro atoms. The molecule has 0 saturated heterocycles. The number of terminal acetylenes is 1. The average Bonchev–Trinajstić information content (AvgIpc) is 3.18. The molecule has 0 radical (unpaired) electrons. The first-order chi connectivity index (χ1) is 14.7. The molecular weight excluding hydrogens is 374 g/mol. The van der Waals surface area contributed by atoms with Crippen molar-refractivity contribution < 1.29 is 9.53 Å². The lowest BCUT2D eigenvalue weighted by Crippen LogP contribution is -2.16. The van der Waals surface area contributed by atoms with Crippen LogP contribution in [0.4, 0.5) is 10.5 Å². The van der Waals surface area contributed by atoms with Crippen molar-refractivity contribution in [2.75, 3.05) is 5.32 Å². The van der Waals surface area contributed by atoms with Crippen LogP contribution in [0.2, 0.25) is 0 Å². The molecule has 0 saturated carbocycles. The van der Waals surface area contributed by atoms with E-state index in [2.05, 4.69) is 34.4 Å². The van der Waals surface area contributed by atoms with Gasteiger partial charge in [0.15, 0.2) is 0 Å². The molecule has 5 nitrogen and oxygen atoms in total. The first kappa shape index (κ1) is 19.3. The monoisotopic (exact) mass is 395 g/mol. The Bertz CT molecular complexity index is 1190. The van der Waals surface area contributed by atoms with Gasteiger partial charge in [-0.05, 0) is 66.9 Å². The summed E-state index contributed by atoms with van der Waals surface area (Å²) in [5.74, 6) is 3.17. The number of fused-ring (bicyclic) bond motifs is 1. The number of imidazole rings is 1. The molecular formula is C25H21N3O2. The highest BCUT2D eigenvalue weighted by atomic mass is 16.6. The molecule has 1 amide bonds. The summed E-state index contributed by atoms with van der Waals surface area (Å²) < 4.78 is 7.27. The number of anilines is 1. The summed E-state index contributed by atoms with van der Waals surface area (Å²) in [6, 6.07) is 22.8. The fourth-order valence-corrected chi connectivity index (χ4v) is 3.26. The average molecular weight is 395 g/mol. The Hall–Kier alpha value is -4.04. The number of ether oxygens (including phenoxy) is 1. The van der Waals surface area contributed by atoms with Gasteiger partial charge in [0, 0.05) is 17.8 Å². The van der Waals surface area contributed by atoms with Gasteiger partial charge in [-0.1, -0.05) is 24.3 Å². The molecule has 5 heteroatoms. The second-order valence-corrected chi connectivity index (χ2v) is 6.87. The Labute approximate surface area is 175 Å². The molecule has 0 atom stereocenters. The maximum absolute atomic E-state index is 12.0. The number of hydrogen-bond acceptors (Lipinski definition) is 3. The van der Waals surface area contributed by atoms with Crippen LogP contribution in [-0.2, 0) is 6.42 Å². The minimum absolute atomic E-state index is 0.496. The van der Waals surface area contributed by atoms with Gasteiger partial charge in [-0.15, -0.1) is 12.3 Å². The number of aryl methyl sites for hydroxylation is 1. The molecule has 148 valence electrons. The van der Waals surface area contributed by atoms with Gasteiger partial charge < -0.3 is 4.74 Å². The van der Waals surface area contributed by atoms with Gasteiger partial charge in [0.1, 0.15) is 12.1 Å². The van der Waals surface area contributed by atoms with Gasteiger partial charge in [-0.25, -0.2) is 9.78 Å². The fraction of sp³-hybridized carbons (Fsp3) is 0.120. The maximum Gasteiger partial charge on any atom is 0.417 e. The van der Waals surface area contributed by atoms with E-state index in [0.29, 0.717) is 11.4 Å². The van der Waals surface area contributed by atoms with E-state index in [1.165, 1.54) is 5.56 Å². The lowest BCUT2D eigenvalue weighted by Gasteiger charge is -2.09. The van der Waals surface area contributed by atoms with E-state index in [4.69, 9.17) is 11.2 Å². The molecule has 1 aromatic heterocycles. The summed E-state index contributed by atoms with van der Waals surface area (Å²) in [7, 11) is 0. The van der Waals surface area contributed by atoms with E-state index in [0.717, 1.165) is 36.0 Å². The van der Waals surface area contributed by atoms with Crippen LogP contribution < -0.4 is 10.1 Å². The molecule has 0 bridgehead atoms. The van der Waals surface area contributed by atoms with Gasteiger partial charge in [0.05, 0.1) is 11.0 Å². The quantitative estimate of drug-likeness (QED) is 0.342. The molecule has 0 unspecified atom stereocenters. The smallest absolute Gasteiger partial charge is 0.410 e. The highest BCUT2D eigenvalue weighted by Crippen LogP contribution is 2.22. The zero-order valence-electron chi connectivity index (χ0n) is 16.4. The summed E-state index contributed by atoms with van der Waals surface area (Å²) in [6.45, 7) is 0. The van der Waals surface area contributed by atoms with Gasteiger partial charge in [-0.3, -0.25) is 9.88 Å². The molecule has 0 aliphatic rings. The van der Waals surface area contributed by atoms with E-state index in [9.17, 15) is 4.79 Å². The van der Waals surface area contributed by atoms with Gasteiger partial charge >= 0.3 is 6.09 Å². The van der Waals surface area contributed by atoms with E-state index in [1.54, 1.807) is 12.1 Å². The molecule has 1 N–H and O–H groups in total.